The number of rotatable bonds is 5. The third-order valence-corrected chi connectivity index (χ3v) is 7.38. The summed E-state index contributed by atoms with van der Waals surface area (Å²) < 4.78 is 0. The molecule has 0 saturated carbocycles. The number of hydrogen-bond donors (Lipinski definition) is 1. The molecule has 4 atom stereocenters. The monoisotopic (exact) mass is 523 g/mol. The number of amides is 1. The Morgan fingerprint density at radius 2 is 1.44 bits per heavy atom. The summed E-state index contributed by atoms with van der Waals surface area (Å²) in [5.74, 6) is -3.54. The van der Waals surface area contributed by atoms with Gasteiger partial charge in [-0.15, -0.1) is 0 Å². The Morgan fingerprint density at radius 1 is 0.861 bits per heavy atom. The average Bonchev–Trinajstić information content (AvgIpc) is 3.23. The predicted octanol–water partition coefficient (Wildman–Crippen LogP) is 6.81. The maximum absolute atomic E-state index is 14.3. The van der Waals surface area contributed by atoms with E-state index in [1.54, 1.807) is 42.5 Å². The molecule has 1 aliphatic heterocycles. The van der Waals surface area contributed by atoms with Gasteiger partial charge >= 0.3 is 5.97 Å². The summed E-state index contributed by atoms with van der Waals surface area (Å²) in [6.07, 6.45) is 0. The molecular formula is C29H27Cl2NO4. The molecule has 0 unspecified atom stereocenters. The van der Waals surface area contributed by atoms with Gasteiger partial charge in [-0.05, 0) is 41.3 Å². The first-order valence-corrected chi connectivity index (χ1v) is 12.4. The van der Waals surface area contributed by atoms with E-state index in [-0.39, 0.29) is 16.4 Å². The molecule has 1 N–H and O–H groups in total. The molecule has 0 bridgehead atoms. The minimum absolute atomic E-state index is 0.211. The van der Waals surface area contributed by atoms with E-state index in [0.29, 0.717) is 16.1 Å². The normalized spacial score (nSPS) is 21.9. The summed E-state index contributed by atoms with van der Waals surface area (Å²) in [6.45, 7) is 5.68. The van der Waals surface area contributed by atoms with Crippen LogP contribution in [0.3, 0.4) is 0 Å². The topological polar surface area (TPSA) is 74.7 Å². The third kappa shape index (κ3) is 4.78. The van der Waals surface area contributed by atoms with Crippen molar-refractivity contribution in [2.45, 2.75) is 32.9 Å². The molecule has 4 rings (SSSR count). The van der Waals surface area contributed by atoms with Crippen LogP contribution in [0.4, 0.5) is 0 Å². The van der Waals surface area contributed by atoms with Crippen LogP contribution >= 0.6 is 23.2 Å². The van der Waals surface area contributed by atoms with Gasteiger partial charge in [0.2, 0.25) is 0 Å². The predicted molar refractivity (Wildman–Crippen MR) is 140 cm³/mol. The van der Waals surface area contributed by atoms with Crippen LogP contribution in [0.25, 0.3) is 0 Å². The number of nitrogens with zero attached hydrogens (tertiary/aromatic N) is 1. The van der Waals surface area contributed by atoms with Gasteiger partial charge in [0.05, 0.1) is 17.0 Å². The fraction of sp³-hybridized carbons (Fsp3) is 0.276. The van der Waals surface area contributed by atoms with Crippen molar-refractivity contribution >= 4 is 40.9 Å². The highest BCUT2D eigenvalue weighted by molar-refractivity contribution is 6.36. The van der Waals surface area contributed by atoms with Gasteiger partial charge in [0.15, 0.2) is 5.78 Å². The molecule has 1 heterocycles. The van der Waals surface area contributed by atoms with Gasteiger partial charge < -0.3 is 10.0 Å². The summed E-state index contributed by atoms with van der Waals surface area (Å²) >= 11 is 12.7. The van der Waals surface area contributed by atoms with E-state index in [4.69, 9.17) is 23.2 Å². The molecule has 1 aliphatic rings. The lowest BCUT2D eigenvalue weighted by molar-refractivity contribution is -0.144. The van der Waals surface area contributed by atoms with Crippen molar-refractivity contribution in [1.82, 2.24) is 4.90 Å². The number of aliphatic carboxylic acids is 1. The number of carboxylic acids is 1. The lowest BCUT2D eigenvalue weighted by Gasteiger charge is -2.34. The zero-order chi connectivity index (χ0) is 26.2. The largest absolute Gasteiger partial charge is 0.480 e. The molecule has 0 aliphatic carbocycles. The van der Waals surface area contributed by atoms with Crippen LogP contribution in [0.15, 0.2) is 78.9 Å². The quantitative estimate of drug-likeness (QED) is 0.373. The van der Waals surface area contributed by atoms with E-state index in [1.165, 1.54) is 11.0 Å². The molecule has 0 radical (unpaired) electrons. The van der Waals surface area contributed by atoms with Crippen LogP contribution in [-0.2, 0) is 4.79 Å². The first-order chi connectivity index (χ1) is 17.0. The molecule has 3 aromatic carbocycles. The van der Waals surface area contributed by atoms with E-state index in [9.17, 15) is 19.5 Å². The number of carbonyl (C=O) groups is 3. The van der Waals surface area contributed by atoms with Crippen molar-refractivity contribution in [1.29, 1.82) is 0 Å². The Kier molecular flexibility index (Phi) is 7.26. The van der Waals surface area contributed by atoms with E-state index in [2.05, 4.69) is 0 Å². The van der Waals surface area contributed by atoms with Gasteiger partial charge in [-0.3, -0.25) is 9.59 Å². The van der Waals surface area contributed by atoms with E-state index >= 15 is 0 Å². The molecule has 186 valence electrons. The smallest absolute Gasteiger partial charge is 0.326 e. The molecule has 3 aromatic rings. The average molecular weight is 524 g/mol. The number of carboxylic acid groups (broad SMARTS) is 1. The number of likely N-dealkylation sites (tertiary alicyclic amines) is 1. The Balaban J connectivity index is 2.00. The number of Topliss-reactive ketones (excluding diaryl/α,β-unsaturated/α-hetero) is 1. The standard InChI is InChI=1S/C29H27Cl2NO4/c1-29(2,3)23-22(26(33)20-16-19(30)14-15-21(20)31)24(17-10-6-4-7-11-17)32(25(23)28(35)36)27(34)18-12-8-5-9-13-18/h4-16,22-25H,1-3H3,(H,35,36)/t22-,23-,24-,25-/m0/s1. The highest BCUT2D eigenvalue weighted by Crippen LogP contribution is 2.53. The molecule has 0 spiro atoms. The van der Waals surface area contributed by atoms with Gasteiger partial charge in [-0.25, -0.2) is 4.79 Å². The fourth-order valence-electron chi connectivity index (χ4n) is 5.37. The molecule has 5 nitrogen and oxygen atoms in total. The van der Waals surface area contributed by atoms with Crippen LogP contribution < -0.4 is 0 Å². The number of benzene rings is 3. The van der Waals surface area contributed by atoms with Crippen molar-refractivity contribution in [2.24, 2.45) is 17.3 Å². The third-order valence-electron chi connectivity index (χ3n) is 6.81. The fourth-order valence-corrected chi connectivity index (χ4v) is 5.75. The number of hydrogen-bond acceptors (Lipinski definition) is 3. The summed E-state index contributed by atoms with van der Waals surface area (Å²) in [5, 5.41) is 11.1. The molecule has 1 saturated heterocycles. The molecule has 7 heteroatoms. The SMILES string of the molecule is CC(C)(C)[C@H]1[C@H](C(=O)c2cc(Cl)ccc2Cl)[C@H](c2ccccc2)N(C(=O)c2ccccc2)[C@@H]1C(=O)O. The minimum Gasteiger partial charge on any atom is -0.480 e. The molecular weight excluding hydrogens is 497 g/mol. The van der Waals surface area contributed by atoms with Crippen molar-refractivity contribution < 1.29 is 19.5 Å². The van der Waals surface area contributed by atoms with Crippen LogP contribution in [-0.4, -0.2) is 33.7 Å². The van der Waals surface area contributed by atoms with Crippen LogP contribution in [0, 0.1) is 17.3 Å². The maximum Gasteiger partial charge on any atom is 0.326 e. The Bertz CT molecular complexity index is 1290. The number of ketones is 1. The van der Waals surface area contributed by atoms with Crippen LogP contribution in [0.2, 0.25) is 10.0 Å². The van der Waals surface area contributed by atoms with E-state index in [0.717, 1.165) is 0 Å². The molecule has 1 fully saturated rings. The maximum atomic E-state index is 14.3. The van der Waals surface area contributed by atoms with Crippen molar-refractivity contribution in [3.63, 3.8) is 0 Å². The lowest BCUT2D eigenvalue weighted by atomic mass is 9.67. The summed E-state index contributed by atoms with van der Waals surface area (Å²) in [5.41, 5.74) is 0.595. The molecule has 1 amide bonds. The Hall–Kier alpha value is -3.15. The summed E-state index contributed by atoms with van der Waals surface area (Å²) in [4.78, 5) is 42.4. The van der Waals surface area contributed by atoms with Gasteiger partial charge in [0.25, 0.3) is 5.91 Å². The summed E-state index contributed by atoms with van der Waals surface area (Å²) in [6, 6.07) is 20.2. The zero-order valence-corrected chi connectivity index (χ0v) is 21.7. The van der Waals surface area contributed by atoms with E-state index < -0.39 is 41.2 Å². The van der Waals surface area contributed by atoms with Gasteiger partial charge in [-0.2, -0.15) is 0 Å². The second-order valence-electron chi connectivity index (χ2n) is 10.1. The molecule has 36 heavy (non-hydrogen) atoms. The second-order valence-corrected chi connectivity index (χ2v) is 11.0. The van der Waals surface area contributed by atoms with Crippen LogP contribution in [0.5, 0.6) is 0 Å². The zero-order valence-electron chi connectivity index (χ0n) is 20.2. The Morgan fingerprint density at radius 3 is 2.00 bits per heavy atom. The highest BCUT2D eigenvalue weighted by Gasteiger charge is 2.60. The van der Waals surface area contributed by atoms with Crippen molar-refractivity contribution in [3.8, 4) is 0 Å². The molecule has 0 aromatic heterocycles. The van der Waals surface area contributed by atoms with Gasteiger partial charge in [-0.1, -0.05) is 92.5 Å². The minimum atomic E-state index is -1.24. The second kappa shape index (κ2) is 10.1. The van der Waals surface area contributed by atoms with Crippen LogP contribution in [0.1, 0.15) is 53.1 Å². The first kappa shape index (κ1) is 25.9. The highest BCUT2D eigenvalue weighted by atomic mass is 35.5. The lowest BCUT2D eigenvalue weighted by Crippen LogP contribution is -2.47. The number of carbonyl (C=O) groups excluding carboxylic acids is 2. The number of halogens is 2. The van der Waals surface area contributed by atoms with Crippen molar-refractivity contribution in [3.05, 3.63) is 106 Å². The van der Waals surface area contributed by atoms with Gasteiger partial charge in [0, 0.05) is 22.1 Å². The first-order valence-electron chi connectivity index (χ1n) is 11.7. The van der Waals surface area contributed by atoms with E-state index in [1.807, 2.05) is 51.1 Å². The van der Waals surface area contributed by atoms with Crippen molar-refractivity contribution in [2.75, 3.05) is 0 Å². The Labute approximate surface area is 220 Å². The van der Waals surface area contributed by atoms with Gasteiger partial charge in [0.1, 0.15) is 6.04 Å². The summed E-state index contributed by atoms with van der Waals surface area (Å²) in [7, 11) is 0.